The van der Waals surface area contributed by atoms with Crippen LogP contribution in [0.5, 0.6) is 0 Å². The number of methoxy groups -OCH3 is 1. The molecule has 0 unspecified atom stereocenters. The highest BCUT2D eigenvalue weighted by Crippen LogP contribution is 2.20. The van der Waals surface area contributed by atoms with Gasteiger partial charge in [-0.1, -0.05) is 0 Å². The molecule has 1 fully saturated rings. The van der Waals surface area contributed by atoms with Crippen LogP contribution in [0, 0.1) is 13.8 Å². The summed E-state index contributed by atoms with van der Waals surface area (Å²) in [4.78, 5) is 39.8. The van der Waals surface area contributed by atoms with E-state index in [1.54, 1.807) is 13.8 Å². The van der Waals surface area contributed by atoms with Gasteiger partial charge >= 0.3 is 5.97 Å². The molecule has 108 valence electrons. The third-order valence-electron chi connectivity index (χ3n) is 3.37. The van der Waals surface area contributed by atoms with Gasteiger partial charge in [-0.2, -0.15) is 0 Å². The van der Waals surface area contributed by atoms with E-state index in [9.17, 15) is 14.4 Å². The summed E-state index contributed by atoms with van der Waals surface area (Å²) in [5.74, 6) is -0.944. The molecule has 0 aliphatic carbocycles. The minimum atomic E-state index is -0.480. The number of carbonyl (C=O) groups excluding carboxylic acids is 3. The summed E-state index contributed by atoms with van der Waals surface area (Å²) in [7, 11) is 1.30. The van der Waals surface area contributed by atoms with Gasteiger partial charge in [0, 0.05) is 18.8 Å². The predicted molar refractivity (Wildman–Crippen MR) is 70.5 cm³/mol. The second kappa shape index (κ2) is 5.36. The number of nitrogens with zero attached hydrogens (tertiary/aromatic N) is 1. The zero-order chi connectivity index (χ0) is 14.9. The number of hydrogen-bond donors (Lipinski definition) is 2. The van der Waals surface area contributed by atoms with Crippen molar-refractivity contribution >= 4 is 17.8 Å². The molecule has 2 rings (SSSR count). The average molecular weight is 279 g/mol. The van der Waals surface area contributed by atoms with E-state index in [1.165, 1.54) is 12.0 Å². The van der Waals surface area contributed by atoms with Crippen molar-refractivity contribution < 1.29 is 19.1 Å². The van der Waals surface area contributed by atoms with Crippen LogP contribution in [0.15, 0.2) is 0 Å². The smallest absolute Gasteiger partial charge is 0.339 e. The van der Waals surface area contributed by atoms with Crippen molar-refractivity contribution in [2.24, 2.45) is 0 Å². The van der Waals surface area contributed by atoms with Gasteiger partial charge in [0.2, 0.25) is 5.91 Å². The zero-order valence-electron chi connectivity index (χ0n) is 11.7. The number of amides is 2. The van der Waals surface area contributed by atoms with E-state index in [1.807, 2.05) is 0 Å². The van der Waals surface area contributed by atoms with Gasteiger partial charge in [0.25, 0.3) is 5.91 Å². The highest BCUT2D eigenvalue weighted by atomic mass is 16.5. The van der Waals surface area contributed by atoms with Crippen molar-refractivity contribution in [2.75, 3.05) is 26.7 Å². The largest absolute Gasteiger partial charge is 0.465 e. The Morgan fingerprint density at radius 3 is 2.60 bits per heavy atom. The van der Waals surface area contributed by atoms with Crippen LogP contribution in [-0.4, -0.2) is 54.4 Å². The highest BCUT2D eigenvalue weighted by molar-refractivity contribution is 6.01. The lowest BCUT2D eigenvalue weighted by Gasteiger charge is -2.26. The molecule has 0 spiro atoms. The molecule has 2 N–H and O–H groups in total. The second-order valence-electron chi connectivity index (χ2n) is 4.69. The Kier molecular flexibility index (Phi) is 3.78. The quantitative estimate of drug-likeness (QED) is 0.745. The first kappa shape index (κ1) is 14.1. The molecule has 20 heavy (non-hydrogen) atoms. The molecule has 7 heteroatoms. The van der Waals surface area contributed by atoms with Crippen LogP contribution in [0.4, 0.5) is 0 Å². The summed E-state index contributed by atoms with van der Waals surface area (Å²) >= 11 is 0. The molecule has 0 saturated carbocycles. The Morgan fingerprint density at radius 2 is 2.00 bits per heavy atom. The lowest BCUT2D eigenvalue weighted by Crippen LogP contribution is -2.50. The Balaban J connectivity index is 2.31. The number of rotatable bonds is 2. The number of carbonyl (C=O) groups is 3. The molecule has 0 radical (unpaired) electrons. The Bertz CT molecular complexity index is 576. The standard InChI is InChI=1S/C13H17N3O4/c1-7-10(13(19)20-3)8(2)15-11(7)12(18)16-5-4-14-9(17)6-16/h15H,4-6H2,1-3H3,(H,14,17). The van der Waals surface area contributed by atoms with Crippen LogP contribution < -0.4 is 5.32 Å². The lowest BCUT2D eigenvalue weighted by molar-refractivity contribution is -0.123. The SMILES string of the molecule is COC(=O)c1c(C)[nH]c(C(=O)N2CCNC(=O)C2)c1C. The van der Waals surface area contributed by atoms with Gasteiger partial charge in [-0.05, 0) is 19.4 Å². The lowest BCUT2D eigenvalue weighted by atomic mass is 10.1. The van der Waals surface area contributed by atoms with Crippen molar-refractivity contribution in [3.05, 3.63) is 22.5 Å². The molecule has 1 aromatic rings. The van der Waals surface area contributed by atoms with Gasteiger partial charge in [0.05, 0.1) is 19.2 Å². The molecule has 0 aromatic carbocycles. The fraction of sp³-hybridized carbons (Fsp3) is 0.462. The second-order valence-corrected chi connectivity index (χ2v) is 4.69. The summed E-state index contributed by atoms with van der Waals surface area (Å²) in [6, 6.07) is 0. The van der Waals surface area contributed by atoms with E-state index < -0.39 is 5.97 Å². The molecule has 2 amide bonds. The number of nitrogens with one attached hydrogen (secondary N) is 2. The van der Waals surface area contributed by atoms with E-state index in [4.69, 9.17) is 4.74 Å². The van der Waals surface area contributed by atoms with E-state index in [2.05, 4.69) is 10.3 Å². The van der Waals surface area contributed by atoms with Crippen LogP contribution in [0.25, 0.3) is 0 Å². The summed E-state index contributed by atoms with van der Waals surface area (Å²) in [6.07, 6.45) is 0. The summed E-state index contributed by atoms with van der Waals surface area (Å²) in [5, 5.41) is 2.66. The van der Waals surface area contributed by atoms with Crippen LogP contribution in [0.2, 0.25) is 0 Å². The van der Waals surface area contributed by atoms with Crippen LogP contribution in [0.3, 0.4) is 0 Å². The number of aromatic amines is 1. The number of aromatic nitrogens is 1. The maximum Gasteiger partial charge on any atom is 0.339 e. The molecule has 1 aliphatic rings. The third kappa shape index (κ3) is 2.38. The Labute approximate surface area is 116 Å². The normalized spacial score (nSPS) is 14.9. The first-order valence-corrected chi connectivity index (χ1v) is 6.29. The van der Waals surface area contributed by atoms with E-state index in [0.717, 1.165) is 0 Å². The third-order valence-corrected chi connectivity index (χ3v) is 3.37. The molecule has 7 nitrogen and oxygen atoms in total. The highest BCUT2D eigenvalue weighted by Gasteiger charge is 2.28. The summed E-state index contributed by atoms with van der Waals surface area (Å²) < 4.78 is 4.71. The molecular formula is C13H17N3O4. The van der Waals surface area contributed by atoms with Gasteiger partial charge in [-0.15, -0.1) is 0 Å². The minimum absolute atomic E-state index is 0.0316. The van der Waals surface area contributed by atoms with Crippen LogP contribution in [-0.2, 0) is 9.53 Å². The van der Waals surface area contributed by atoms with E-state index in [-0.39, 0.29) is 18.4 Å². The molecule has 2 heterocycles. The van der Waals surface area contributed by atoms with Gasteiger partial charge in [-0.3, -0.25) is 9.59 Å². The van der Waals surface area contributed by atoms with Gasteiger partial charge < -0.3 is 19.9 Å². The van der Waals surface area contributed by atoms with E-state index in [0.29, 0.717) is 35.6 Å². The first-order valence-electron chi connectivity index (χ1n) is 6.29. The van der Waals surface area contributed by atoms with Crippen molar-refractivity contribution in [3.63, 3.8) is 0 Å². The number of aryl methyl sites for hydroxylation is 1. The summed E-state index contributed by atoms with van der Waals surface area (Å²) in [5.41, 5.74) is 1.83. The maximum absolute atomic E-state index is 12.4. The van der Waals surface area contributed by atoms with Crippen LogP contribution in [0.1, 0.15) is 32.1 Å². The monoisotopic (exact) mass is 279 g/mol. The van der Waals surface area contributed by atoms with Crippen molar-refractivity contribution in [3.8, 4) is 0 Å². The van der Waals surface area contributed by atoms with Gasteiger partial charge in [0.1, 0.15) is 5.69 Å². The van der Waals surface area contributed by atoms with Crippen molar-refractivity contribution in [1.82, 2.24) is 15.2 Å². The fourth-order valence-electron chi connectivity index (χ4n) is 2.34. The van der Waals surface area contributed by atoms with E-state index >= 15 is 0 Å². The maximum atomic E-state index is 12.4. The summed E-state index contributed by atoms with van der Waals surface area (Å²) in [6.45, 7) is 4.32. The van der Waals surface area contributed by atoms with Gasteiger partial charge in [0.15, 0.2) is 0 Å². The number of H-pyrrole nitrogens is 1. The Hall–Kier alpha value is -2.31. The average Bonchev–Trinajstić information content (AvgIpc) is 2.72. The molecule has 0 atom stereocenters. The number of piperazine rings is 1. The molecule has 1 aliphatic heterocycles. The molecular weight excluding hydrogens is 262 g/mol. The first-order chi connectivity index (χ1) is 9.45. The molecule has 1 aromatic heterocycles. The minimum Gasteiger partial charge on any atom is -0.465 e. The Morgan fingerprint density at radius 1 is 1.30 bits per heavy atom. The molecule has 0 bridgehead atoms. The topological polar surface area (TPSA) is 91.5 Å². The van der Waals surface area contributed by atoms with Gasteiger partial charge in [-0.25, -0.2) is 4.79 Å². The predicted octanol–water partition coefficient (Wildman–Crippen LogP) is -0.00986. The molecule has 1 saturated heterocycles. The number of esters is 1. The zero-order valence-corrected chi connectivity index (χ0v) is 11.7. The van der Waals surface area contributed by atoms with Crippen molar-refractivity contribution in [2.45, 2.75) is 13.8 Å². The number of hydrogen-bond acceptors (Lipinski definition) is 4. The fourth-order valence-corrected chi connectivity index (χ4v) is 2.34. The number of ether oxygens (including phenoxy) is 1. The van der Waals surface area contributed by atoms with Crippen molar-refractivity contribution in [1.29, 1.82) is 0 Å². The van der Waals surface area contributed by atoms with Crippen LogP contribution >= 0.6 is 0 Å².